The Kier molecular flexibility index (Phi) is 6.68. The first-order valence-corrected chi connectivity index (χ1v) is 13.2. The number of allylic oxidation sites excluding steroid dienone is 1. The molecule has 34 heavy (non-hydrogen) atoms. The molecule has 3 aromatic carbocycles. The third kappa shape index (κ3) is 4.60. The van der Waals surface area contributed by atoms with E-state index >= 15 is 0 Å². The average Bonchev–Trinajstić information content (AvgIpc) is 3.16. The van der Waals surface area contributed by atoms with Crippen LogP contribution in [0.25, 0.3) is 11.8 Å². The molecule has 0 saturated carbocycles. The van der Waals surface area contributed by atoms with Gasteiger partial charge in [-0.2, -0.15) is 0 Å². The zero-order chi connectivity index (χ0) is 23.7. The van der Waals surface area contributed by atoms with Crippen molar-refractivity contribution in [2.24, 2.45) is 4.99 Å². The van der Waals surface area contributed by atoms with Gasteiger partial charge in [-0.3, -0.25) is 9.36 Å². The normalized spacial score (nSPS) is 15.4. The summed E-state index contributed by atoms with van der Waals surface area (Å²) in [6, 6.07) is 23.7. The molecule has 0 saturated heterocycles. The van der Waals surface area contributed by atoms with Gasteiger partial charge < -0.3 is 4.74 Å². The van der Waals surface area contributed by atoms with Gasteiger partial charge in [-0.25, -0.2) is 4.99 Å². The molecular weight excluding hydrogens is 576 g/mol. The van der Waals surface area contributed by atoms with E-state index in [1.807, 2.05) is 85.8 Å². The van der Waals surface area contributed by atoms with Crippen molar-refractivity contribution < 1.29 is 4.74 Å². The van der Waals surface area contributed by atoms with Crippen LogP contribution in [0.2, 0.25) is 0 Å². The molecule has 4 nitrogen and oxygen atoms in total. The Morgan fingerprint density at radius 1 is 1.06 bits per heavy atom. The van der Waals surface area contributed by atoms with Crippen LogP contribution < -0.4 is 19.6 Å². The van der Waals surface area contributed by atoms with E-state index in [9.17, 15) is 4.79 Å². The number of thiazole rings is 1. The second kappa shape index (κ2) is 9.86. The monoisotopic (exact) mass is 594 g/mol. The van der Waals surface area contributed by atoms with E-state index < -0.39 is 0 Å². The summed E-state index contributed by atoms with van der Waals surface area (Å²) in [6.07, 6.45) is 3.98. The summed E-state index contributed by atoms with van der Waals surface area (Å²) in [5, 5.41) is 0. The average molecular weight is 596 g/mol. The maximum atomic E-state index is 13.6. The van der Waals surface area contributed by atoms with E-state index in [-0.39, 0.29) is 11.6 Å². The molecule has 5 rings (SSSR count). The number of fused-ring (bicyclic) bond motifs is 1. The Labute approximate surface area is 217 Å². The number of halogens is 2. The van der Waals surface area contributed by atoms with Crippen molar-refractivity contribution in [1.29, 1.82) is 0 Å². The Morgan fingerprint density at radius 2 is 1.82 bits per heavy atom. The number of benzene rings is 3. The maximum Gasteiger partial charge on any atom is 0.271 e. The zero-order valence-corrected chi connectivity index (χ0v) is 22.2. The molecule has 0 fully saturated rings. The topological polar surface area (TPSA) is 43.6 Å². The van der Waals surface area contributed by atoms with Crippen LogP contribution in [0.4, 0.5) is 0 Å². The van der Waals surface area contributed by atoms with Crippen LogP contribution >= 0.6 is 43.2 Å². The third-order valence-corrected chi connectivity index (χ3v) is 7.61. The van der Waals surface area contributed by atoms with Crippen LogP contribution in [-0.4, -0.2) is 11.2 Å². The van der Waals surface area contributed by atoms with E-state index in [2.05, 4.69) is 37.9 Å². The van der Waals surface area contributed by atoms with Gasteiger partial charge >= 0.3 is 0 Å². The van der Waals surface area contributed by atoms with Crippen molar-refractivity contribution in [1.82, 2.24) is 4.57 Å². The molecule has 1 atom stereocenters. The van der Waals surface area contributed by atoms with Gasteiger partial charge in [0.2, 0.25) is 0 Å². The lowest BCUT2D eigenvalue weighted by molar-refractivity contribution is 0.338. The Morgan fingerprint density at radius 3 is 2.53 bits per heavy atom. The number of ether oxygens (including phenoxy) is 1. The smallest absolute Gasteiger partial charge is 0.271 e. The van der Waals surface area contributed by atoms with Crippen molar-refractivity contribution in [2.45, 2.75) is 13.0 Å². The Balaban J connectivity index is 1.67. The molecule has 1 aliphatic rings. The molecular formula is C27H20Br2N2O2S. The van der Waals surface area contributed by atoms with Crippen molar-refractivity contribution in [3.8, 4) is 5.75 Å². The lowest BCUT2D eigenvalue weighted by atomic mass is 10.0. The molecule has 4 aromatic rings. The first-order chi connectivity index (χ1) is 16.5. The fraction of sp³-hybridized carbons (Fsp3) is 0.111. The SMILES string of the molecule is CCOc1ccc(C=c2sc3n(c2=O)C(c2ccc(Br)cc2)C=C(c2ccccc2)N=3)cc1Br. The van der Waals surface area contributed by atoms with Gasteiger partial charge in [0.05, 0.1) is 27.4 Å². The summed E-state index contributed by atoms with van der Waals surface area (Å²) >= 11 is 8.48. The molecule has 170 valence electrons. The first kappa shape index (κ1) is 23.0. The molecule has 1 aliphatic heterocycles. The molecule has 1 aromatic heterocycles. The van der Waals surface area contributed by atoms with Gasteiger partial charge in [0, 0.05) is 4.47 Å². The zero-order valence-electron chi connectivity index (χ0n) is 18.2. The van der Waals surface area contributed by atoms with E-state index in [4.69, 9.17) is 9.73 Å². The van der Waals surface area contributed by atoms with Crippen LogP contribution in [0.1, 0.15) is 29.7 Å². The van der Waals surface area contributed by atoms with Gasteiger partial charge in [0.25, 0.3) is 5.56 Å². The standard InChI is InChI=1S/C27H20Br2N2O2S/c1-2-33-24-13-8-17(14-21(24)29)15-25-26(32)31-23(19-9-11-20(28)12-10-19)16-22(30-27(31)34-25)18-6-4-3-5-7-18/h3-16,23H,2H2,1H3. The van der Waals surface area contributed by atoms with Crippen molar-refractivity contribution in [3.63, 3.8) is 0 Å². The highest BCUT2D eigenvalue weighted by atomic mass is 79.9. The summed E-state index contributed by atoms with van der Waals surface area (Å²) in [7, 11) is 0. The maximum absolute atomic E-state index is 13.6. The van der Waals surface area contributed by atoms with Gasteiger partial charge in [-0.15, -0.1) is 0 Å². The van der Waals surface area contributed by atoms with E-state index in [0.717, 1.165) is 37.1 Å². The van der Waals surface area contributed by atoms with Crippen LogP contribution in [0.5, 0.6) is 5.75 Å². The van der Waals surface area contributed by atoms with E-state index in [1.165, 1.54) is 11.3 Å². The van der Waals surface area contributed by atoms with Crippen molar-refractivity contribution in [3.05, 3.63) is 124 Å². The minimum absolute atomic E-state index is 0.0509. The molecule has 0 bridgehead atoms. The fourth-order valence-corrected chi connectivity index (χ4v) is 5.67. The van der Waals surface area contributed by atoms with Crippen LogP contribution in [0.15, 0.2) is 97.6 Å². The molecule has 0 spiro atoms. The molecule has 0 aliphatic carbocycles. The predicted molar refractivity (Wildman–Crippen MR) is 145 cm³/mol. The summed E-state index contributed by atoms with van der Waals surface area (Å²) in [6.45, 7) is 2.54. The van der Waals surface area contributed by atoms with Crippen LogP contribution in [0.3, 0.4) is 0 Å². The highest BCUT2D eigenvalue weighted by Gasteiger charge is 2.22. The van der Waals surface area contributed by atoms with Gasteiger partial charge in [-0.1, -0.05) is 75.8 Å². The Hall–Kier alpha value is -2.74. The quantitative estimate of drug-likeness (QED) is 0.287. The molecule has 0 N–H and O–H groups in total. The minimum Gasteiger partial charge on any atom is -0.493 e. The third-order valence-electron chi connectivity index (χ3n) is 5.48. The summed E-state index contributed by atoms with van der Waals surface area (Å²) in [5.41, 5.74) is 3.79. The molecule has 7 heteroatoms. The number of nitrogens with zero attached hydrogens (tertiary/aromatic N) is 2. The van der Waals surface area contributed by atoms with Gasteiger partial charge in [0.15, 0.2) is 4.80 Å². The first-order valence-electron chi connectivity index (χ1n) is 10.8. The summed E-state index contributed by atoms with van der Waals surface area (Å²) < 4.78 is 9.89. The fourth-order valence-electron chi connectivity index (χ4n) is 3.88. The second-order valence-corrected chi connectivity index (χ2v) is 10.5. The molecule has 1 unspecified atom stereocenters. The lowest BCUT2D eigenvalue weighted by Gasteiger charge is -2.19. The minimum atomic E-state index is -0.242. The van der Waals surface area contributed by atoms with Crippen LogP contribution in [-0.2, 0) is 0 Å². The van der Waals surface area contributed by atoms with E-state index in [0.29, 0.717) is 15.9 Å². The van der Waals surface area contributed by atoms with Crippen molar-refractivity contribution in [2.75, 3.05) is 6.61 Å². The molecule has 2 heterocycles. The predicted octanol–water partition coefficient (Wildman–Crippen LogP) is 5.93. The number of aromatic nitrogens is 1. The highest BCUT2D eigenvalue weighted by molar-refractivity contribution is 9.10. The van der Waals surface area contributed by atoms with Gasteiger partial charge in [-0.05, 0) is 76.0 Å². The van der Waals surface area contributed by atoms with E-state index in [1.54, 1.807) is 4.57 Å². The van der Waals surface area contributed by atoms with Crippen molar-refractivity contribution >= 4 is 55.0 Å². The Bertz CT molecular complexity index is 1560. The molecule has 0 amide bonds. The number of rotatable bonds is 5. The second-order valence-electron chi connectivity index (χ2n) is 7.72. The van der Waals surface area contributed by atoms with Crippen LogP contribution in [0, 0.1) is 0 Å². The summed E-state index contributed by atoms with van der Waals surface area (Å²) in [5.74, 6) is 0.781. The number of hydrogen-bond donors (Lipinski definition) is 0. The van der Waals surface area contributed by atoms with Gasteiger partial charge in [0.1, 0.15) is 5.75 Å². The lowest BCUT2D eigenvalue weighted by Crippen LogP contribution is -2.36. The molecule has 0 radical (unpaired) electrons. The highest BCUT2D eigenvalue weighted by Crippen LogP contribution is 2.28. The number of hydrogen-bond acceptors (Lipinski definition) is 4. The summed E-state index contributed by atoms with van der Waals surface area (Å²) in [4.78, 5) is 19.1. The largest absolute Gasteiger partial charge is 0.493 e.